The molecular formula is C14H20Cl2F2N2O2. The van der Waals surface area contributed by atoms with Crippen LogP contribution in [-0.2, 0) is 16.1 Å². The van der Waals surface area contributed by atoms with Gasteiger partial charge in [-0.2, -0.15) is 0 Å². The Hall–Kier alpha value is -0.950. The molecule has 0 spiro atoms. The fourth-order valence-electron chi connectivity index (χ4n) is 2.42. The minimum absolute atomic E-state index is 0. The van der Waals surface area contributed by atoms with E-state index in [0.717, 1.165) is 12.1 Å². The second-order valence-electron chi connectivity index (χ2n) is 5.16. The van der Waals surface area contributed by atoms with Crippen molar-refractivity contribution in [3.05, 3.63) is 35.4 Å². The van der Waals surface area contributed by atoms with Crippen molar-refractivity contribution in [1.29, 1.82) is 0 Å². The Morgan fingerprint density at radius 2 is 1.91 bits per heavy atom. The van der Waals surface area contributed by atoms with Gasteiger partial charge in [-0.1, -0.05) is 0 Å². The van der Waals surface area contributed by atoms with E-state index in [1.165, 1.54) is 13.2 Å². The summed E-state index contributed by atoms with van der Waals surface area (Å²) in [4.78, 5) is 13.5. The van der Waals surface area contributed by atoms with Crippen LogP contribution in [0.25, 0.3) is 0 Å². The van der Waals surface area contributed by atoms with Crippen LogP contribution in [0.5, 0.6) is 0 Å². The quantitative estimate of drug-likeness (QED) is 0.844. The van der Waals surface area contributed by atoms with E-state index in [1.807, 2.05) is 4.90 Å². The van der Waals surface area contributed by atoms with Crippen molar-refractivity contribution in [1.82, 2.24) is 4.90 Å². The molecule has 0 unspecified atom stereocenters. The molecule has 0 aliphatic carbocycles. The number of likely N-dealkylation sites (tertiary alicyclic amines) is 1. The van der Waals surface area contributed by atoms with Crippen molar-refractivity contribution < 1.29 is 18.3 Å². The average Bonchev–Trinajstić information content (AvgIpc) is 2.44. The first kappa shape index (κ1) is 21.0. The third kappa shape index (κ3) is 4.78. The maximum absolute atomic E-state index is 13.6. The van der Waals surface area contributed by atoms with Gasteiger partial charge in [-0.3, -0.25) is 9.69 Å². The summed E-state index contributed by atoms with van der Waals surface area (Å²) in [6.45, 7) is 1.39. The van der Waals surface area contributed by atoms with Gasteiger partial charge in [-0.15, -0.1) is 24.8 Å². The SMILES string of the molecule is COC(=O)C1(N)CCN(Cc2cc(F)ccc2F)CC1.Cl.Cl. The molecule has 2 rings (SSSR count). The number of carbonyl (C=O) groups is 1. The Labute approximate surface area is 140 Å². The Kier molecular flexibility index (Phi) is 8.25. The summed E-state index contributed by atoms with van der Waals surface area (Å²) in [5.41, 5.74) is 5.33. The number of halogens is 4. The Morgan fingerprint density at radius 3 is 2.45 bits per heavy atom. The lowest BCUT2D eigenvalue weighted by Gasteiger charge is -2.37. The van der Waals surface area contributed by atoms with E-state index < -0.39 is 23.1 Å². The number of nitrogens with zero attached hydrogens (tertiary/aromatic N) is 1. The highest BCUT2D eigenvalue weighted by Gasteiger charge is 2.38. The third-order valence-corrected chi connectivity index (χ3v) is 3.74. The van der Waals surface area contributed by atoms with E-state index in [0.29, 0.717) is 38.0 Å². The molecule has 1 aliphatic rings. The van der Waals surface area contributed by atoms with E-state index in [9.17, 15) is 13.6 Å². The van der Waals surface area contributed by atoms with Gasteiger partial charge in [0.2, 0.25) is 0 Å². The van der Waals surface area contributed by atoms with Crippen LogP contribution in [0.1, 0.15) is 18.4 Å². The summed E-state index contributed by atoms with van der Waals surface area (Å²) in [6, 6.07) is 3.41. The van der Waals surface area contributed by atoms with Crippen LogP contribution in [0.2, 0.25) is 0 Å². The van der Waals surface area contributed by atoms with Gasteiger partial charge in [0.1, 0.15) is 17.2 Å². The summed E-state index contributed by atoms with van der Waals surface area (Å²) < 4.78 is 31.4. The molecule has 1 heterocycles. The Bertz CT molecular complexity index is 510. The number of hydrogen-bond acceptors (Lipinski definition) is 4. The molecule has 1 aliphatic heterocycles. The maximum Gasteiger partial charge on any atom is 0.325 e. The fraction of sp³-hybridized carbons (Fsp3) is 0.500. The minimum Gasteiger partial charge on any atom is -0.468 e. The first-order valence-corrected chi connectivity index (χ1v) is 6.48. The van der Waals surface area contributed by atoms with Gasteiger partial charge in [0.05, 0.1) is 7.11 Å². The molecule has 0 amide bonds. The zero-order valence-electron chi connectivity index (χ0n) is 12.2. The summed E-state index contributed by atoms with van der Waals surface area (Å²) in [5, 5.41) is 0. The number of esters is 1. The topological polar surface area (TPSA) is 55.6 Å². The highest BCUT2D eigenvalue weighted by molar-refractivity contribution is 5.85. The van der Waals surface area contributed by atoms with Crippen molar-refractivity contribution in [2.75, 3.05) is 20.2 Å². The van der Waals surface area contributed by atoms with Crippen molar-refractivity contribution in [3.8, 4) is 0 Å². The standard InChI is InChI=1S/C14H18F2N2O2.2ClH/c1-20-13(19)14(17)4-6-18(7-5-14)9-10-8-11(15)2-3-12(10)16;;/h2-3,8H,4-7,9,17H2,1H3;2*1H. The zero-order chi connectivity index (χ0) is 14.8. The average molecular weight is 357 g/mol. The molecule has 126 valence electrons. The van der Waals surface area contributed by atoms with Crippen LogP contribution in [0.4, 0.5) is 8.78 Å². The molecule has 1 aromatic carbocycles. The van der Waals surface area contributed by atoms with Gasteiger partial charge in [0, 0.05) is 25.2 Å². The molecule has 1 saturated heterocycles. The largest absolute Gasteiger partial charge is 0.468 e. The van der Waals surface area contributed by atoms with Crippen LogP contribution in [-0.4, -0.2) is 36.6 Å². The van der Waals surface area contributed by atoms with Crippen LogP contribution >= 0.6 is 24.8 Å². The monoisotopic (exact) mass is 356 g/mol. The lowest BCUT2D eigenvalue weighted by Crippen LogP contribution is -2.55. The third-order valence-electron chi connectivity index (χ3n) is 3.74. The van der Waals surface area contributed by atoms with Crippen molar-refractivity contribution >= 4 is 30.8 Å². The van der Waals surface area contributed by atoms with E-state index in [2.05, 4.69) is 4.74 Å². The molecule has 2 N–H and O–H groups in total. The van der Waals surface area contributed by atoms with Crippen LogP contribution in [0, 0.1) is 11.6 Å². The summed E-state index contributed by atoms with van der Waals surface area (Å²) in [6.07, 6.45) is 0.882. The van der Waals surface area contributed by atoms with E-state index >= 15 is 0 Å². The molecule has 8 heteroatoms. The fourth-order valence-corrected chi connectivity index (χ4v) is 2.42. The zero-order valence-corrected chi connectivity index (χ0v) is 13.8. The van der Waals surface area contributed by atoms with Crippen LogP contribution in [0.15, 0.2) is 18.2 Å². The number of piperidine rings is 1. The molecular weight excluding hydrogens is 337 g/mol. The van der Waals surface area contributed by atoms with Crippen LogP contribution in [0.3, 0.4) is 0 Å². The van der Waals surface area contributed by atoms with Gasteiger partial charge in [-0.25, -0.2) is 8.78 Å². The molecule has 0 bridgehead atoms. The second-order valence-corrected chi connectivity index (χ2v) is 5.16. The molecule has 22 heavy (non-hydrogen) atoms. The van der Waals surface area contributed by atoms with E-state index in [-0.39, 0.29) is 24.8 Å². The number of benzene rings is 1. The number of nitrogens with two attached hydrogens (primary N) is 1. The number of carbonyl (C=O) groups excluding carboxylic acids is 1. The molecule has 0 aromatic heterocycles. The van der Waals surface area contributed by atoms with Gasteiger partial charge < -0.3 is 10.5 Å². The summed E-state index contributed by atoms with van der Waals surface area (Å²) >= 11 is 0. The van der Waals surface area contributed by atoms with Gasteiger partial charge in [0.25, 0.3) is 0 Å². The summed E-state index contributed by atoms with van der Waals surface area (Å²) in [5.74, 6) is -1.31. The smallest absolute Gasteiger partial charge is 0.325 e. The van der Waals surface area contributed by atoms with Crippen molar-refractivity contribution in [2.24, 2.45) is 5.73 Å². The predicted molar refractivity (Wildman–Crippen MR) is 84.3 cm³/mol. The van der Waals surface area contributed by atoms with E-state index in [4.69, 9.17) is 5.73 Å². The molecule has 4 nitrogen and oxygen atoms in total. The van der Waals surface area contributed by atoms with Gasteiger partial charge in [0.15, 0.2) is 0 Å². The Balaban J connectivity index is 0.00000220. The lowest BCUT2D eigenvalue weighted by molar-refractivity contribution is -0.149. The van der Waals surface area contributed by atoms with Crippen molar-refractivity contribution in [3.63, 3.8) is 0 Å². The van der Waals surface area contributed by atoms with Crippen molar-refractivity contribution in [2.45, 2.75) is 24.9 Å². The van der Waals surface area contributed by atoms with Gasteiger partial charge >= 0.3 is 5.97 Å². The Morgan fingerprint density at radius 1 is 1.32 bits per heavy atom. The second kappa shape index (κ2) is 8.62. The van der Waals surface area contributed by atoms with E-state index in [1.54, 1.807) is 0 Å². The molecule has 0 atom stereocenters. The first-order chi connectivity index (χ1) is 9.44. The highest BCUT2D eigenvalue weighted by Crippen LogP contribution is 2.23. The maximum atomic E-state index is 13.6. The minimum atomic E-state index is -0.967. The van der Waals surface area contributed by atoms with Gasteiger partial charge in [-0.05, 0) is 31.0 Å². The molecule has 0 saturated carbocycles. The summed E-state index contributed by atoms with van der Waals surface area (Å²) in [7, 11) is 1.31. The number of methoxy groups -OCH3 is 1. The number of hydrogen-bond donors (Lipinski definition) is 1. The molecule has 1 fully saturated rings. The molecule has 0 radical (unpaired) electrons. The number of rotatable bonds is 3. The number of ether oxygens (including phenoxy) is 1. The first-order valence-electron chi connectivity index (χ1n) is 6.48. The highest BCUT2D eigenvalue weighted by atomic mass is 35.5. The normalized spacial score (nSPS) is 17.1. The molecule has 1 aromatic rings. The van der Waals surface area contributed by atoms with Crippen LogP contribution < -0.4 is 5.73 Å². The predicted octanol–water partition coefficient (Wildman–Crippen LogP) is 2.27. The lowest BCUT2D eigenvalue weighted by atomic mass is 9.88.